The number of amides is 2. The summed E-state index contributed by atoms with van der Waals surface area (Å²) in [5, 5.41) is 11.7. The lowest BCUT2D eigenvalue weighted by Gasteiger charge is -2.10. The van der Waals surface area contributed by atoms with Gasteiger partial charge in [0.05, 0.1) is 0 Å². The lowest BCUT2D eigenvalue weighted by atomic mass is 10.1. The number of imidazole rings is 1. The first-order valence-electron chi connectivity index (χ1n) is 49.9. The molecule has 9 heterocycles. The van der Waals surface area contributed by atoms with Gasteiger partial charge in [-0.05, 0) is 70.8 Å². The molecule has 10 aromatic rings. The molecule has 1 aromatic carbocycles. The van der Waals surface area contributed by atoms with Crippen LogP contribution in [0.25, 0.3) is 17.5 Å². The van der Waals surface area contributed by atoms with Crippen LogP contribution in [0.15, 0.2) is 48.8 Å². The Morgan fingerprint density at radius 2 is 0.607 bits per heavy atom. The highest BCUT2D eigenvalue weighted by atomic mass is 16.2. The summed E-state index contributed by atoms with van der Waals surface area (Å²) in [6, 6.07) is 9.47. The Bertz CT molecular complexity index is 4910. The number of nitrogens with two attached hydrogens (primary N) is 12. The first-order valence-corrected chi connectivity index (χ1v) is 49.9. The molecule has 0 aliphatic rings. The van der Waals surface area contributed by atoms with Gasteiger partial charge in [-0.2, -0.15) is 120 Å². The number of carbonyl (C=O) groups is 2. The standard InChI is InChI=1S/C19H33N7.C18H35N5.C14H23N5O2.C14H27N5.C10H19N5.C9H9N5.C6H9N5.C6H7N5/c1-2-3-4-5-6-7-8-9-10-11-17-22-13-15-26(17)14-12-16-23-18(20)25-19(21)24-16;1-4-7-10-11-12-13-16-21-17(19-14-8-5-2)23-18(22-16)20-15-9-6-3;1-4-5-6-7-8-9-12-17-13(15-10(2)20)19-14(18-12)16-11(3)21;1-2-3-4-5-6-7-8-9-10-11-12-17-13(15)19-14(16)18-12;1-2-3-4-5-6-7-8-13-9(11)15-10(12)14-8;10-8-12-7(13-9(11)14-8)6-4-2-1-3-5-6;2*1-2-3-4-9-5(7)11-6(8)10-4/h13,15H,2-12,14H2,1H3,(H4,20,21,23,24,25);4-15H2,1-3H3,(H2,19,20,21,22,23);4-9H2,1-3H3,(H2,15,16,17,18,19,20,21);2-11H2,1H3,(H4,15,16,17,18,19);2-7H2,1H3,(H4,11,12,13,14,15);1-5H,(H4,10,11,12,13,14);2-3H,1H3,(H4,7,8,9,10,11);1H3,(H4,7,8,9,10,11)/b;;;;;;3-2+;. The van der Waals surface area contributed by atoms with Crippen molar-refractivity contribution < 1.29 is 9.59 Å². The Kier molecular flexibility index (Phi) is 65.2. The number of hydrogen-bond donors (Lipinski definition) is 16. The summed E-state index contributed by atoms with van der Waals surface area (Å²) in [5.74, 6) is 14.4. The van der Waals surface area contributed by atoms with Crippen LogP contribution in [0.5, 0.6) is 0 Å². The van der Waals surface area contributed by atoms with Crippen molar-refractivity contribution in [1.82, 2.24) is 129 Å². The van der Waals surface area contributed by atoms with Gasteiger partial charge in [0.1, 0.15) is 34.9 Å². The van der Waals surface area contributed by atoms with Crippen molar-refractivity contribution in [2.75, 3.05) is 103 Å². The van der Waals surface area contributed by atoms with Gasteiger partial charge >= 0.3 is 0 Å². The van der Waals surface area contributed by atoms with Crippen LogP contribution < -0.4 is 90.1 Å². The lowest BCUT2D eigenvalue weighted by Crippen LogP contribution is -2.16. The second-order valence-electron chi connectivity index (χ2n) is 33.0. The maximum absolute atomic E-state index is 11.1. The fraction of sp³-hybridized carbons (Fsp3) is 0.594. The molecule has 0 saturated carbocycles. The van der Waals surface area contributed by atoms with Gasteiger partial charge in [-0.1, -0.05) is 283 Å². The van der Waals surface area contributed by atoms with Crippen molar-refractivity contribution in [3.05, 3.63) is 95.4 Å². The number of benzene rings is 1. The highest BCUT2D eigenvalue weighted by Crippen LogP contribution is 2.20. The van der Waals surface area contributed by atoms with Gasteiger partial charge in [0.15, 0.2) is 11.6 Å². The molecule has 0 unspecified atom stereocenters. The minimum absolute atomic E-state index is 0.0928. The number of aromatic nitrogens is 26. The van der Waals surface area contributed by atoms with Gasteiger partial charge in [0.2, 0.25) is 113 Å². The molecule has 0 atom stereocenters. The number of rotatable bonds is 53. The van der Waals surface area contributed by atoms with Gasteiger partial charge in [-0.25, -0.2) is 4.98 Å². The second kappa shape index (κ2) is 76.0. The van der Waals surface area contributed by atoms with E-state index >= 15 is 0 Å². The number of allylic oxidation sites excluding steroid dienone is 1. The number of aryl methyl sites for hydroxylation is 7. The van der Waals surface area contributed by atoms with Crippen molar-refractivity contribution in [2.24, 2.45) is 0 Å². The predicted molar refractivity (Wildman–Crippen MR) is 565 cm³/mol. The molecule has 0 radical (unpaired) electrons. The molecule has 10 rings (SSSR count). The molecule has 0 aliphatic carbocycles. The highest BCUT2D eigenvalue weighted by Gasteiger charge is 2.14. The predicted octanol–water partition coefficient (Wildman–Crippen LogP) is 15.5. The van der Waals surface area contributed by atoms with E-state index in [0.717, 1.165) is 119 Å². The van der Waals surface area contributed by atoms with Crippen molar-refractivity contribution in [3.63, 3.8) is 0 Å². The van der Waals surface area contributed by atoms with Crippen molar-refractivity contribution >= 4 is 113 Å². The van der Waals surface area contributed by atoms with Crippen LogP contribution in [0.3, 0.4) is 0 Å². The zero-order valence-corrected chi connectivity index (χ0v) is 85.1. The van der Waals surface area contributed by atoms with Gasteiger partial charge in [0.25, 0.3) is 0 Å². The van der Waals surface area contributed by atoms with E-state index < -0.39 is 0 Å². The summed E-state index contributed by atoms with van der Waals surface area (Å²) in [6.07, 6.45) is 59.0. The second-order valence-corrected chi connectivity index (χ2v) is 33.0. The smallest absolute Gasteiger partial charge is 0.234 e. The molecule has 0 spiro atoms. The molecule has 0 fully saturated rings. The summed E-state index contributed by atoms with van der Waals surface area (Å²) in [6.45, 7) is 24.4. The third-order valence-electron chi connectivity index (χ3n) is 20.2. The number of nitrogens with zero attached hydrogens (tertiary/aromatic N) is 26. The van der Waals surface area contributed by atoms with E-state index in [2.05, 4.69) is 211 Å². The van der Waals surface area contributed by atoms with Crippen LogP contribution in [0.1, 0.15) is 360 Å². The third-order valence-corrected chi connectivity index (χ3v) is 20.2. The average Bonchev–Trinajstić information content (AvgIpc) is 1.12. The van der Waals surface area contributed by atoms with Crippen LogP contribution in [-0.2, 0) is 54.7 Å². The molecule has 44 heteroatoms. The molecular weight excluding hydrogens is 1770 g/mol. The van der Waals surface area contributed by atoms with E-state index in [9.17, 15) is 9.59 Å². The SMILES string of the molecule is C/C=C/c1nc(N)nc(N)n1.CC#Cc1nc(N)nc(N)n1.CCCCCCCCCCCc1nc(N)nc(N)n1.CCCCCCCCCCCc1nccn1CCc1nc(N)nc(N)n1.CCCCCCCc1nc(N)nc(N)n1.CCCCCCCc1nc(NC(C)=O)nc(NC(C)=O)n1.CCCCCCCc1nc(NCCCC)nc(NCCCC)n1.Nc1nc(N)nc(-c2ccccc2)n1. The Balaban J connectivity index is 0.000000418. The number of anilines is 16. The normalized spacial score (nSPS) is 10.4. The van der Waals surface area contributed by atoms with Crippen LogP contribution >= 0.6 is 0 Å². The van der Waals surface area contributed by atoms with Crippen LogP contribution in [0.2, 0.25) is 0 Å². The van der Waals surface area contributed by atoms with Crippen LogP contribution in [-0.4, -0.2) is 154 Å². The fourth-order valence-corrected chi connectivity index (χ4v) is 13.3. The zero-order valence-electron chi connectivity index (χ0n) is 85.1. The van der Waals surface area contributed by atoms with Crippen LogP contribution in [0.4, 0.5) is 95.2 Å². The first kappa shape index (κ1) is 120. The maximum Gasteiger partial charge on any atom is 0.234 e. The Labute approximate surface area is 828 Å². The Hall–Kier alpha value is -14.1. The molecule has 0 aliphatic heterocycles. The molecule has 2 amide bonds. The summed E-state index contributed by atoms with van der Waals surface area (Å²) >= 11 is 0. The number of unbranched alkanes of at least 4 members (excludes halogenated alkanes) is 30. The average molecular weight is 1940 g/mol. The molecule has 44 nitrogen and oxygen atoms in total. The number of carbonyl (C=O) groups excluding carboxylic acids is 2. The molecule has 28 N–H and O–H groups in total. The summed E-state index contributed by atoms with van der Waals surface area (Å²) < 4.78 is 2.17. The third kappa shape index (κ3) is 60.5. The lowest BCUT2D eigenvalue weighted by molar-refractivity contribution is -0.115. The van der Waals surface area contributed by atoms with Crippen molar-refractivity contribution in [3.8, 4) is 23.2 Å². The van der Waals surface area contributed by atoms with Gasteiger partial charge in [0, 0.05) is 90.0 Å². The minimum atomic E-state index is -0.260. The zero-order chi connectivity index (χ0) is 103. The molecule has 140 heavy (non-hydrogen) atoms. The van der Waals surface area contributed by atoms with Crippen molar-refractivity contribution in [1.29, 1.82) is 0 Å². The van der Waals surface area contributed by atoms with Gasteiger partial charge < -0.3 is 84.0 Å². The van der Waals surface area contributed by atoms with Crippen molar-refractivity contribution in [2.45, 2.75) is 359 Å². The van der Waals surface area contributed by atoms with E-state index in [1.54, 1.807) is 19.1 Å². The van der Waals surface area contributed by atoms with E-state index in [1.807, 2.05) is 49.6 Å². The molecule has 9 aromatic heterocycles. The minimum Gasteiger partial charge on any atom is -0.368 e. The summed E-state index contributed by atoms with van der Waals surface area (Å²) in [7, 11) is 0. The van der Waals surface area contributed by atoms with Gasteiger partial charge in [-0.3, -0.25) is 20.2 Å². The molecular formula is C96H162N42O2. The Morgan fingerprint density at radius 3 is 0.936 bits per heavy atom. The van der Waals surface area contributed by atoms with Crippen LogP contribution in [0, 0.1) is 11.8 Å². The van der Waals surface area contributed by atoms with Gasteiger partial charge in [-0.15, -0.1) is 0 Å². The monoisotopic (exact) mass is 1940 g/mol. The first-order chi connectivity index (χ1) is 67.6. The fourth-order valence-electron chi connectivity index (χ4n) is 13.3. The number of hydrogen-bond acceptors (Lipinski definition) is 41. The van der Waals surface area contributed by atoms with E-state index in [-0.39, 0.29) is 95.1 Å². The maximum atomic E-state index is 11.1. The number of nitrogen functional groups attached to an aromatic ring is 12. The Morgan fingerprint density at radius 1 is 0.321 bits per heavy atom. The van der Waals surface area contributed by atoms with E-state index in [0.29, 0.717) is 53.6 Å². The number of nitrogens with one attached hydrogen (secondary N) is 4. The van der Waals surface area contributed by atoms with E-state index in [1.165, 1.54) is 206 Å². The topological polar surface area (TPSA) is 722 Å². The quantitative estimate of drug-likeness (QED) is 0.0124. The largest absolute Gasteiger partial charge is 0.368 e. The molecule has 0 saturated heterocycles. The molecule has 768 valence electrons. The summed E-state index contributed by atoms with van der Waals surface area (Å²) in [4.78, 5) is 122. The van der Waals surface area contributed by atoms with E-state index in [4.69, 9.17) is 68.8 Å². The highest BCUT2D eigenvalue weighted by molar-refractivity contribution is 5.88. The molecule has 0 bridgehead atoms. The summed E-state index contributed by atoms with van der Waals surface area (Å²) in [5.41, 5.74) is 66.2.